The van der Waals surface area contributed by atoms with Gasteiger partial charge in [0.05, 0.1) is 36.4 Å². The highest BCUT2D eigenvalue weighted by Gasteiger charge is 2.33. The second-order valence-electron chi connectivity index (χ2n) is 6.77. The third-order valence-corrected chi connectivity index (χ3v) is 5.72. The third-order valence-electron chi connectivity index (χ3n) is 4.82. The highest BCUT2D eigenvalue weighted by Crippen LogP contribution is 2.31. The van der Waals surface area contributed by atoms with Crippen LogP contribution in [0.25, 0.3) is 11.0 Å². The number of benzene rings is 2. The number of para-hydroxylation sites is 2. The molecule has 3 aromatic rings. The smallest absolute Gasteiger partial charge is 0.338 e. The Kier molecular flexibility index (Phi) is 6.13. The fourth-order valence-corrected chi connectivity index (χ4v) is 4.22. The molecule has 1 atom stereocenters. The Morgan fingerprint density at radius 2 is 1.94 bits per heavy atom. The van der Waals surface area contributed by atoms with Gasteiger partial charge in [0.1, 0.15) is 5.75 Å². The summed E-state index contributed by atoms with van der Waals surface area (Å²) >= 11 is 1.40. The first-order valence-corrected chi connectivity index (χ1v) is 10.8. The molecular weight excluding hydrogens is 416 g/mol. The molecule has 0 bridgehead atoms. The molecule has 31 heavy (non-hydrogen) atoms. The number of H-pyrrole nitrogens is 1. The summed E-state index contributed by atoms with van der Waals surface area (Å²) in [6.07, 6.45) is 0. The average molecular weight is 439 g/mol. The number of aromatic amines is 1. The molecule has 9 heteroatoms. The van der Waals surface area contributed by atoms with Gasteiger partial charge in [0.25, 0.3) is 0 Å². The van der Waals surface area contributed by atoms with Crippen molar-refractivity contribution in [2.45, 2.75) is 18.1 Å². The molecule has 0 fully saturated rings. The van der Waals surface area contributed by atoms with Crippen LogP contribution in [0, 0.1) is 0 Å². The van der Waals surface area contributed by atoms with Gasteiger partial charge < -0.3 is 25.1 Å². The van der Waals surface area contributed by atoms with Crippen LogP contribution in [-0.2, 0) is 9.53 Å². The Labute approximate surface area is 183 Å². The lowest BCUT2D eigenvalue weighted by atomic mass is 9.95. The molecule has 4 rings (SSSR count). The lowest BCUT2D eigenvalue weighted by Crippen LogP contribution is -2.46. The molecule has 0 saturated carbocycles. The van der Waals surface area contributed by atoms with Crippen LogP contribution in [0.1, 0.15) is 18.5 Å². The van der Waals surface area contributed by atoms with Gasteiger partial charge in [-0.05, 0) is 36.8 Å². The monoisotopic (exact) mass is 438 g/mol. The number of nitrogens with zero attached hydrogens (tertiary/aromatic N) is 1. The van der Waals surface area contributed by atoms with Crippen LogP contribution in [0.15, 0.2) is 65.0 Å². The normalized spacial score (nSPS) is 16.1. The number of imidazole rings is 1. The van der Waals surface area contributed by atoms with Crippen LogP contribution in [-0.4, -0.2) is 41.4 Å². The maximum Gasteiger partial charge on any atom is 0.338 e. The van der Waals surface area contributed by atoms with Gasteiger partial charge in [-0.15, -0.1) is 0 Å². The number of hydrogen-bond acceptors (Lipinski definition) is 6. The molecule has 3 N–H and O–H groups in total. The zero-order chi connectivity index (χ0) is 21.8. The molecule has 1 aromatic heterocycles. The van der Waals surface area contributed by atoms with Gasteiger partial charge in [-0.25, -0.2) is 14.6 Å². The van der Waals surface area contributed by atoms with E-state index in [0.717, 1.165) is 16.6 Å². The molecule has 2 aromatic carbocycles. The molecule has 1 aliphatic rings. The predicted octanol–water partition coefficient (Wildman–Crippen LogP) is 3.53. The van der Waals surface area contributed by atoms with Crippen LogP contribution in [0.4, 0.5) is 4.79 Å². The van der Waals surface area contributed by atoms with Gasteiger partial charge in [-0.2, -0.15) is 0 Å². The van der Waals surface area contributed by atoms with Crippen LogP contribution in [0.3, 0.4) is 0 Å². The van der Waals surface area contributed by atoms with E-state index in [2.05, 4.69) is 20.6 Å². The second kappa shape index (κ2) is 9.13. The summed E-state index contributed by atoms with van der Waals surface area (Å²) in [7, 11) is 1.58. The Hall–Kier alpha value is -3.46. The Morgan fingerprint density at radius 3 is 2.65 bits per heavy atom. The van der Waals surface area contributed by atoms with Gasteiger partial charge in [-0.3, -0.25) is 0 Å². The fourth-order valence-electron chi connectivity index (χ4n) is 3.37. The molecule has 0 saturated heterocycles. The van der Waals surface area contributed by atoms with Crippen molar-refractivity contribution >= 4 is 34.8 Å². The fraction of sp³-hybridized carbons (Fsp3) is 0.227. The summed E-state index contributed by atoms with van der Waals surface area (Å²) in [5, 5.41) is 6.30. The Morgan fingerprint density at radius 1 is 1.16 bits per heavy atom. The molecule has 160 valence electrons. The van der Waals surface area contributed by atoms with Crippen molar-refractivity contribution in [2.24, 2.45) is 0 Å². The molecule has 0 unspecified atom stereocenters. The SMILES string of the molecule is CCOC(=O)C1=C(CSc2nc3ccccc3[nH]2)NC(=O)N[C@H]1c1ccc(OC)cc1. The van der Waals surface area contributed by atoms with Gasteiger partial charge in [0.15, 0.2) is 5.16 Å². The standard InChI is InChI=1S/C22H22N4O4S/c1-3-30-20(27)18-17(12-31-22-24-15-6-4-5-7-16(15)25-22)23-21(28)26-19(18)13-8-10-14(29-2)11-9-13/h4-11,19H,3,12H2,1-2H3,(H,24,25)(H2,23,26,28)/t19-/m0/s1. The van der Waals surface area contributed by atoms with E-state index in [0.29, 0.717) is 27.9 Å². The molecule has 1 aliphatic heterocycles. The Balaban J connectivity index is 1.66. The number of rotatable bonds is 7. The highest BCUT2D eigenvalue weighted by atomic mass is 32.2. The predicted molar refractivity (Wildman–Crippen MR) is 118 cm³/mol. The van der Waals surface area contributed by atoms with E-state index in [-0.39, 0.29) is 12.6 Å². The number of carbonyl (C=O) groups is 2. The number of esters is 1. The van der Waals surface area contributed by atoms with E-state index in [4.69, 9.17) is 9.47 Å². The van der Waals surface area contributed by atoms with Gasteiger partial charge in [0.2, 0.25) is 0 Å². The van der Waals surface area contributed by atoms with Crippen molar-refractivity contribution in [1.82, 2.24) is 20.6 Å². The molecule has 8 nitrogen and oxygen atoms in total. The lowest BCUT2D eigenvalue weighted by molar-refractivity contribution is -0.139. The quantitative estimate of drug-likeness (QED) is 0.385. The first kappa shape index (κ1) is 20.8. The minimum absolute atomic E-state index is 0.232. The summed E-state index contributed by atoms with van der Waals surface area (Å²) in [6.45, 7) is 1.98. The summed E-state index contributed by atoms with van der Waals surface area (Å²) in [6, 6.07) is 13.9. The van der Waals surface area contributed by atoms with Crippen molar-refractivity contribution in [3.8, 4) is 5.75 Å². The summed E-state index contributed by atoms with van der Waals surface area (Å²) < 4.78 is 10.5. The van der Waals surface area contributed by atoms with Crippen LogP contribution in [0.2, 0.25) is 0 Å². The molecule has 0 spiro atoms. The number of methoxy groups -OCH3 is 1. The summed E-state index contributed by atoms with van der Waals surface area (Å²) in [5.41, 5.74) is 3.40. The van der Waals surface area contributed by atoms with E-state index in [1.54, 1.807) is 26.2 Å². The zero-order valence-corrected chi connectivity index (χ0v) is 17.9. The zero-order valence-electron chi connectivity index (χ0n) is 17.1. The minimum Gasteiger partial charge on any atom is -0.497 e. The van der Waals surface area contributed by atoms with Crippen molar-refractivity contribution in [2.75, 3.05) is 19.5 Å². The van der Waals surface area contributed by atoms with E-state index in [9.17, 15) is 9.59 Å². The average Bonchev–Trinajstić information content (AvgIpc) is 3.20. The number of urea groups is 1. The number of nitrogens with one attached hydrogen (secondary N) is 3. The molecule has 0 radical (unpaired) electrons. The number of hydrogen-bond donors (Lipinski definition) is 3. The Bertz CT molecular complexity index is 1110. The molecule has 2 amide bonds. The van der Waals surface area contributed by atoms with Crippen LogP contribution in [0.5, 0.6) is 5.75 Å². The van der Waals surface area contributed by atoms with Gasteiger partial charge >= 0.3 is 12.0 Å². The first-order chi connectivity index (χ1) is 15.1. The maximum absolute atomic E-state index is 12.8. The topological polar surface area (TPSA) is 105 Å². The number of ether oxygens (including phenoxy) is 2. The van der Waals surface area contributed by atoms with Crippen molar-refractivity contribution < 1.29 is 19.1 Å². The van der Waals surface area contributed by atoms with E-state index < -0.39 is 12.0 Å². The largest absolute Gasteiger partial charge is 0.497 e. The second-order valence-corrected chi connectivity index (χ2v) is 7.73. The summed E-state index contributed by atoms with van der Waals surface area (Å²) in [4.78, 5) is 33.0. The van der Waals surface area contributed by atoms with E-state index in [1.165, 1.54) is 11.8 Å². The van der Waals surface area contributed by atoms with Crippen LogP contribution >= 0.6 is 11.8 Å². The van der Waals surface area contributed by atoms with Crippen LogP contribution < -0.4 is 15.4 Å². The number of thioether (sulfide) groups is 1. The number of aromatic nitrogens is 2. The summed E-state index contributed by atoms with van der Waals surface area (Å²) in [5.74, 6) is 0.552. The number of amides is 2. The van der Waals surface area contributed by atoms with E-state index >= 15 is 0 Å². The molecular formula is C22H22N4O4S. The third kappa shape index (κ3) is 4.51. The molecule has 2 heterocycles. The minimum atomic E-state index is -0.634. The number of fused-ring (bicyclic) bond motifs is 1. The highest BCUT2D eigenvalue weighted by molar-refractivity contribution is 7.99. The van der Waals surface area contributed by atoms with Gasteiger partial charge in [0, 0.05) is 11.4 Å². The van der Waals surface area contributed by atoms with E-state index in [1.807, 2.05) is 36.4 Å². The van der Waals surface area contributed by atoms with Gasteiger partial charge in [-0.1, -0.05) is 36.0 Å². The lowest BCUT2D eigenvalue weighted by Gasteiger charge is -2.29. The van der Waals surface area contributed by atoms with Crippen molar-refractivity contribution in [3.05, 3.63) is 65.4 Å². The maximum atomic E-state index is 12.8. The van der Waals surface area contributed by atoms with Crippen molar-refractivity contribution in [3.63, 3.8) is 0 Å². The van der Waals surface area contributed by atoms with Crippen molar-refractivity contribution in [1.29, 1.82) is 0 Å². The number of carbonyl (C=O) groups excluding carboxylic acids is 2. The molecule has 0 aliphatic carbocycles. The first-order valence-electron chi connectivity index (χ1n) is 9.78.